The number of imide groups is 1. The number of hydrogen-bond donors (Lipinski definition) is 1. The zero-order valence-electron chi connectivity index (χ0n) is 16.7. The molecule has 0 radical (unpaired) electrons. The van der Waals surface area contributed by atoms with Crippen LogP contribution in [0, 0.1) is 6.92 Å². The van der Waals surface area contributed by atoms with Crippen LogP contribution in [0.1, 0.15) is 59.7 Å². The maximum absolute atomic E-state index is 13.1. The molecule has 2 aromatic rings. The number of esters is 1. The van der Waals surface area contributed by atoms with Crippen LogP contribution in [-0.4, -0.2) is 29.9 Å². The van der Waals surface area contributed by atoms with Crippen LogP contribution in [0.2, 0.25) is 0 Å². The molecule has 3 amide bonds. The number of urea groups is 1. The number of benzene rings is 1. The predicted molar refractivity (Wildman–Crippen MR) is 102 cm³/mol. The van der Waals surface area contributed by atoms with Crippen LogP contribution in [0.25, 0.3) is 0 Å². The second kappa shape index (κ2) is 7.14. The third-order valence-corrected chi connectivity index (χ3v) is 5.12. The van der Waals surface area contributed by atoms with E-state index in [4.69, 9.17) is 9.15 Å². The van der Waals surface area contributed by atoms with E-state index in [1.807, 2.05) is 24.3 Å². The van der Waals surface area contributed by atoms with Crippen molar-refractivity contribution in [2.24, 2.45) is 0 Å². The molecular weight excluding hydrogens is 360 g/mol. The van der Waals surface area contributed by atoms with Gasteiger partial charge in [-0.05, 0) is 37.0 Å². The molecule has 7 heteroatoms. The number of carbonyl (C=O) groups is 3. The normalized spacial score (nSPS) is 19.3. The van der Waals surface area contributed by atoms with Crippen LogP contribution in [0.4, 0.5) is 4.79 Å². The Labute approximate surface area is 163 Å². The molecule has 7 nitrogen and oxygen atoms in total. The number of rotatable bonds is 5. The van der Waals surface area contributed by atoms with E-state index >= 15 is 0 Å². The lowest BCUT2D eigenvalue weighted by Crippen LogP contribution is -2.40. The summed E-state index contributed by atoms with van der Waals surface area (Å²) in [5.74, 6) is 0.184. The van der Waals surface area contributed by atoms with E-state index in [0.29, 0.717) is 23.0 Å². The van der Waals surface area contributed by atoms with Gasteiger partial charge in [0, 0.05) is 0 Å². The highest BCUT2D eigenvalue weighted by molar-refractivity contribution is 6.07. The average Bonchev–Trinajstić information content (AvgIpc) is 3.14. The van der Waals surface area contributed by atoms with E-state index in [1.165, 1.54) is 13.2 Å². The standard InChI is InChI=1S/C21H24N2O5/c1-12(2)14-6-8-15(9-7-14)21(4)19(25)23(20(26)22-21)11-16-10-17(13(3)28-16)18(24)27-5/h6-10,12H,11H2,1-5H3,(H,22,26). The number of hydrogen-bond acceptors (Lipinski definition) is 5. The van der Waals surface area contributed by atoms with E-state index in [2.05, 4.69) is 19.2 Å². The molecule has 1 aliphatic rings. The zero-order valence-corrected chi connectivity index (χ0v) is 16.7. The number of furan rings is 1. The van der Waals surface area contributed by atoms with Crippen molar-refractivity contribution in [3.63, 3.8) is 0 Å². The molecule has 2 heterocycles. The van der Waals surface area contributed by atoms with Crippen molar-refractivity contribution in [3.8, 4) is 0 Å². The summed E-state index contributed by atoms with van der Waals surface area (Å²) in [5, 5.41) is 2.77. The van der Waals surface area contributed by atoms with Gasteiger partial charge in [0.05, 0.1) is 13.7 Å². The van der Waals surface area contributed by atoms with Crippen LogP contribution in [0.3, 0.4) is 0 Å². The SMILES string of the molecule is COC(=O)c1cc(CN2C(=O)NC(C)(c3ccc(C(C)C)cc3)C2=O)oc1C. The van der Waals surface area contributed by atoms with Gasteiger partial charge in [0.25, 0.3) is 5.91 Å². The summed E-state index contributed by atoms with van der Waals surface area (Å²) in [6.07, 6.45) is 0. The Bertz CT molecular complexity index is 929. The molecule has 1 unspecified atom stereocenters. The van der Waals surface area contributed by atoms with Gasteiger partial charge in [-0.15, -0.1) is 0 Å². The topological polar surface area (TPSA) is 88.9 Å². The van der Waals surface area contributed by atoms with Gasteiger partial charge >= 0.3 is 12.0 Å². The lowest BCUT2D eigenvalue weighted by Gasteiger charge is -2.22. The first-order valence-corrected chi connectivity index (χ1v) is 9.09. The Morgan fingerprint density at radius 1 is 1.25 bits per heavy atom. The molecular formula is C21H24N2O5. The summed E-state index contributed by atoms with van der Waals surface area (Å²) in [7, 11) is 1.28. The molecule has 28 heavy (non-hydrogen) atoms. The minimum atomic E-state index is -1.15. The number of ether oxygens (including phenoxy) is 1. The number of nitrogens with zero attached hydrogens (tertiary/aromatic N) is 1. The summed E-state index contributed by atoms with van der Waals surface area (Å²) in [6, 6.07) is 8.65. The number of aryl methyl sites for hydroxylation is 1. The minimum absolute atomic E-state index is 0.0673. The van der Waals surface area contributed by atoms with Crippen molar-refractivity contribution < 1.29 is 23.5 Å². The summed E-state index contributed by atoms with van der Waals surface area (Å²) < 4.78 is 10.2. The number of amides is 3. The van der Waals surface area contributed by atoms with Crippen molar-refractivity contribution in [2.45, 2.75) is 45.7 Å². The van der Waals surface area contributed by atoms with E-state index in [1.54, 1.807) is 13.8 Å². The number of carbonyl (C=O) groups excluding carboxylic acids is 3. The second-order valence-electron chi connectivity index (χ2n) is 7.40. The summed E-state index contributed by atoms with van der Waals surface area (Å²) in [4.78, 5) is 38.4. The first-order chi connectivity index (χ1) is 13.2. The quantitative estimate of drug-likeness (QED) is 0.630. The smallest absolute Gasteiger partial charge is 0.341 e. The minimum Gasteiger partial charge on any atom is -0.465 e. The van der Waals surface area contributed by atoms with Crippen LogP contribution in [-0.2, 0) is 21.6 Å². The van der Waals surface area contributed by atoms with E-state index in [9.17, 15) is 14.4 Å². The summed E-state index contributed by atoms with van der Waals surface area (Å²) in [5.41, 5.74) is 0.988. The Balaban J connectivity index is 1.84. The van der Waals surface area contributed by atoms with Crippen molar-refractivity contribution >= 4 is 17.9 Å². The monoisotopic (exact) mass is 384 g/mol. The molecule has 1 atom stereocenters. The third-order valence-electron chi connectivity index (χ3n) is 5.12. The molecule has 1 aromatic carbocycles. The fraction of sp³-hybridized carbons (Fsp3) is 0.381. The molecule has 1 aliphatic heterocycles. The van der Waals surface area contributed by atoms with Gasteiger partial charge in [0.15, 0.2) is 0 Å². The molecule has 1 N–H and O–H groups in total. The molecule has 1 aromatic heterocycles. The molecule has 1 fully saturated rings. The first-order valence-electron chi connectivity index (χ1n) is 9.09. The summed E-state index contributed by atoms with van der Waals surface area (Å²) in [6.45, 7) is 7.43. The maximum Gasteiger partial charge on any atom is 0.341 e. The zero-order chi connectivity index (χ0) is 20.6. The largest absolute Gasteiger partial charge is 0.465 e. The van der Waals surface area contributed by atoms with Gasteiger partial charge in [-0.3, -0.25) is 9.69 Å². The second-order valence-corrected chi connectivity index (χ2v) is 7.40. The summed E-state index contributed by atoms with van der Waals surface area (Å²) >= 11 is 0. The Kier molecular flexibility index (Phi) is 5.02. The lowest BCUT2D eigenvalue weighted by molar-refractivity contribution is -0.131. The van der Waals surface area contributed by atoms with Crippen molar-refractivity contribution in [3.05, 3.63) is 58.5 Å². The van der Waals surface area contributed by atoms with Crippen molar-refractivity contribution in [1.29, 1.82) is 0 Å². The number of methoxy groups -OCH3 is 1. The Hall–Kier alpha value is -3.09. The molecule has 1 saturated heterocycles. The molecule has 3 rings (SSSR count). The Morgan fingerprint density at radius 3 is 2.46 bits per heavy atom. The highest BCUT2D eigenvalue weighted by atomic mass is 16.5. The molecule has 0 bridgehead atoms. The molecule has 0 aliphatic carbocycles. The van der Waals surface area contributed by atoms with E-state index < -0.39 is 17.5 Å². The Morgan fingerprint density at radius 2 is 1.89 bits per heavy atom. The van der Waals surface area contributed by atoms with E-state index in [0.717, 1.165) is 10.5 Å². The van der Waals surface area contributed by atoms with Gasteiger partial charge in [-0.1, -0.05) is 38.1 Å². The van der Waals surface area contributed by atoms with Crippen molar-refractivity contribution in [1.82, 2.24) is 10.2 Å². The van der Waals surface area contributed by atoms with E-state index in [-0.39, 0.29) is 18.0 Å². The third kappa shape index (κ3) is 3.28. The van der Waals surface area contributed by atoms with Crippen molar-refractivity contribution in [2.75, 3.05) is 7.11 Å². The van der Waals surface area contributed by atoms with Gasteiger partial charge in [0.2, 0.25) is 0 Å². The van der Waals surface area contributed by atoms with Gasteiger partial charge in [0.1, 0.15) is 22.6 Å². The first kappa shape index (κ1) is 19.7. The predicted octanol–water partition coefficient (Wildman–Crippen LogP) is 3.47. The molecule has 0 saturated carbocycles. The van der Waals surface area contributed by atoms with Crippen LogP contribution in [0.5, 0.6) is 0 Å². The molecule has 0 spiro atoms. The number of nitrogens with one attached hydrogen (secondary N) is 1. The lowest BCUT2D eigenvalue weighted by atomic mass is 9.90. The highest BCUT2D eigenvalue weighted by Crippen LogP contribution is 2.31. The van der Waals surface area contributed by atoms with Crippen LogP contribution >= 0.6 is 0 Å². The van der Waals surface area contributed by atoms with Crippen LogP contribution in [0.15, 0.2) is 34.7 Å². The molecule has 148 valence electrons. The highest BCUT2D eigenvalue weighted by Gasteiger charge is 2.49. The average molecular weight is 384 g/mol. The maximum atomic E-state index is 13.1. The van der Waals surface area contributed by atoms with Gasteiger partial charge in [-0.2, -0.15) is 0 Å². The fourth-order valence-corrected chi connectivity index (χ4v) is 3.33. The van der Waals surface area contributed by atoms with Crippen LogP contribution < -0.4 is 5.32 Å². The van der Waals surface area contributed by atoms with Gasteiger partial charge < -0.3 is 14.5 Å². The van der Waals surface area contributed by atoms with Gasteiger partial charge in [-0.25, -0.2) is 9.59 Å². The fourth-order valence-electron chi connectivity index (χ4n) is 3.33.